The van der Waals surface area contributed by atoms with Crippen LogP contribution in [0.3, 0.4) is 0 Å². The molecule has 2 amide bonds. The van der Waals surface area contributed by atoms with Gasteiger partial charge in [-0.1, -0.05) is 11.6 Å². The van der Waals surface area contributed by atoms with Gasteiger partial charge in [0.05, 0.1) is 4.92 Å². The molecule has 2 aliphatic heterocycles. The maximum atomic E-state index is 12.8. The Kier molecular flexibility index (Phi) is 8.65. The Morgan fingerprint density at radius 2 is 1.46 bits per heavy atom. The number of amides is 2. The van der Waals surface area contributed by atoms with Gasteiger partial charge in [0.1, 0.15) is 5.69 Å². The predicted molar refractivity (Wildman–Crippen MR) is 164 cm³/mol. The first kappa shape index (κ1) is 28.3. The Bertz CT molecular complexity index is 1450. The molecule has 212 valence electrons. The standard InChI is InChI=1S/C29H29ClN6O4S/c30-22-6-3-20(4-7-22)28(38)35-17-15-33(16-18-35)24-10-8-23(9-11-24)31-29(41)32-27(37)21-5-12-25(26(19-21)36(39)40)34-13-1-2-14-34/h3-12,19H,1-2,13-18H2,(H2,31,32,37,41). The normalized spacial score (nSPS) is 15.0. The molecule has 12 heteroatoms. The van der Waals surface area contributed by atoms with E-state index in [2.05, 4.69) is 15.5 Å². The Balaban J connectivity index is 1.13. The van der Waals surface area contributed by atoms with Crippen LogP contribution in [0.15, 0.2) is 66.7 Å². The monoisotopic (exact) mass is 592 g/mol. The molecule has 0 aromatic heterocycles. The molecule has 0 bridgehead atoms. The zero-order valence-electron chi connectivity index (χ0n) is 22.2. The third-order valence-corrected chi connectivity index (χ3v) is 7.71. The first-order valence-electron chi connectivity index (χ1n) is 13.3. The molecule has 41 heavy (non-hydrogen) atoms. The van der Waals surface area contributed by atoms with E-state index < -0.39 is 10.8 Å². The summed E-state index contributed by atoms with van der Waals surface area (Å²) < 4.78 is 0. The summed E-state index contributed by atoms with van der Waals surface area (Å²) in [5, 5.41) is 17.9. The van der Waals surface area contributed by atoms with Crippen LogP contribution < -0.4 is 20.4 Å². The molecule has 2 saturated heterocycles. The molecule has 2 aliphatic rings. The maximum Gasteiger partial charge on any atom is 0.293 e. The lowest BCUT2D eigenvalue weighted by molar-refractivity contribution is -0.384. The number of thiocarbonyl (C=S) groups is 1. The molecule has 2 fully saturated rings. The summed E-state index contributed by atoms with van der Waals surface area (Å²) in [5.41, 5.74) is 2.91. The number of halogens is 1. The van der Waals surface area contributed by atoms with Gasteiger partial charge in [0, 0.05) is 72.9 Å². The third-order valence-electron chi connectivity index (χ3n) is 7.26. The molecular formula is C29H29ClN6O4S. The van der Waals surface area contributed by atoms with Crippen LogP contribution in [0.1, 0.15) is 33.6 Å². The largest absolute Gasteiger partial charge is 0.368 e. The molecule has 0 atom stereocenters. The smallest absolute Gasteiger partial charge is 0.293 e. The molecule has 5 rings (SSSR count). The van der Waals surface area contributed by atoms with E-state index in [1.54, 1.807) is 36.4 Å². The fraction of sp³-hybridized carbons (Fsp3) is 0.276. The minimum Gasteiger partial charge on any atom is -0.368 e. The van der Waals surface area contributed by atoms with Crippen molar-refractivity contribution in [1.82, 2.24) is 10.2 Å². The van der Waals surface area contributed by atoms with Crippen LogP contribution in [0.25, 0.3) is 0 Å². The molecule has 0 spiro atoms. The molecule has 3 aromatic rings. The summed E-state index contributed by atoms with van der Waals surface area (Å²) >= 11 is 11.2. The number of nitro groups is 1. The van der Waals surface area contributed by atoms with Gasteiger partial charge in [-0.15, -0.1) is 0 Å². The average Bonchev–Trinajstić information content (AvgIpc) is 3.52. The van der Waals surface area contributed by atoms with Crippen molar-refractivity contribution < 1.29 is 14.5 Å². The van der Waals surface area contributed by atoms with Gasteiger partial charge < -0.3 is 20.0 Å². The van der Waals surface area contributed by atoms with Crippen LogP contribution in [-0.2, 0) is 0 Å². The molecule has 0 radical (unpaired) electrons. The minimum absolute atomic E-state index is 0.00596. The van der Waals surface area contributed by atoms with Gasteiger partial charge in [-0.3, -0.25) is 25.0 Å². The van der Waals surface area contributed by atoms with Gasteiger partial charge in [0.25, 0.3) is 17.5 Å². The average molecular weight is 593 g/mol. The van der Waals surface area contributed by atoms with Crippen LogP contribution in [0.2, 0.25) is 5.02 Å². The summed E-state index contributed by atoms with van der Waals surface area (Å²) in [4.78, 5) is 42.8. The van der Waals surface area contributed by atoms with Crippen molar-refractivity contribution in [3.05, 3.63) is 93.0 Å². The maximum absolute atomic E-state index is 12.8. The second-order valence-corrected chi connectivity index (χ2v) is 10.7. The molecule has 0 saturated carbocycles. The Morgan fingerprint density at radius 3 is 2.10 bits per heavy atom. The first-order valence-corrected chi connectivity index (χ1v) is 14.1. The van der Waals surface area contributed by atoms with Gasteiger partial charge >= 0.3 is 0 Å². The zero-order chi connectivity index (χ0) is 28.9. The quantitative estimate of drug-likeness (QED) is 0.235. The molecule has 0 unspecified atom stereocenters. The van der Waals surface area contributed by atoms with Crippen LogP contribution in [0.5, 0.6) is 0 Å². The van der Waals surface area contributed by atoms with Crippen molar-refractivity contribution in [2.75, 3.05) is 54.4 Å². The first-order chi connectivity index (χ1) is 19.8. The highest BCUT2D eigenvalue weighted by atomic mass is 35.5. The van der Waals surface area contributed by atoms with E-state index in [0.29, 0.717) is 48.1 Å². The second-order valence-electron chi connectivity index (χ2n) is 9.90. The summed E-state index contributed by atoms with van der Waals surface area (Å²) in [6, 6.07) is 19.0. The highest BCUT2D eigenvalue weighted by Crippen LogP contribution is 2.31. The van der Waals surface area contributed by atoms with Crippen LogP contribution in [0.4, 0.5) is 22.7 Å². The van der Waals surface area contributed by atoms with E-state index in [1.165, 1.54) is 6.07 Å². The number of anilines is 3. The van der Waals surface area contributed by atoms with Gasteiger partial charge in [0.15, 0.2) is 5.11 Å². The summed E-state index contributed by atoms with van der Waals surface area (Å²) in [6.45, 7) is 4.13. The number of carbonyl (C=O) groups excluding carboxylic acids is 2. The SMILES string of the molecule is O=C(NC(=S)Nc1ccc(N2CCN(C(=O)c3ccc(Cl)cc3)CC2)cc1)c1ccc(N2CCCC2)c([N+](=O)[O-])c1. The summed E-state index contributed by atoms with van der Waals surface area (Å²) in [6.07, 6.45) is 1.98. The third kappa shape index (κ3) is 6.75. The molecule has 2 N–H and O–H groups in total. The van der Waals surface area contributed by atoms with Gasteiger partial charge in [-0.05, 0) is 85.7 Å². The van der Waals surface area contributed by atoms with Crippen molar-refractivity contribution in [2.45, 2.75) is 12.8 Å². The molecule has 10 nitrogen and oxygen atoms in total. The number of hydrogen-bond acceptors (Lipinski definition) is 7. The number of nitrogens with zero attached hydrogens (tertiary/aromatic N) is 4. The molecule has 0 aliphatic carbocycles. The topological polar surface area (TPSA) is 111 Å². The number of carbonyl (C=O) groups is 2. The number of hydrogen-bond donors (Lipinski definition) is 2. The number of rotatable bonds is 6. The van der Waals surface area contributed by atoms with Crippen LogP contribution in [0, 0.1) is 10.1 Å². The molecular weight excluding hydrogens is 564 g/mol. The molecule has 2 heterocycles. The van der Waals surface area contributed by atoms with Crippen molar-refractivity contribution in [3.8, 4) is 0 Å². The van der Waals surface area contributed by atoms with Gasteiger partial charge in [-0.2, -0.15) is 0 Å². The van der Waals surface area contributed by atoms with E-state index in [1.807, 2.05) is 34.1 Å². The highest BCUT2D eigenvalue weighted by molar-refractivity contribution is 7.80. The number of benzene rings is 3. The zero-order valence-corrected chi connectivity index (χ0v) is 23.8. The van der Waals surface area contributed by atoms with E-state index in [9.17, 15) is 19.7 Å². The highest BCUT2D eigenvalue weighted by Gasteiger charge is 2.25. The number of piperazine rings is 1. The van der Waals surface area contributed by atoms with Crippen LogP contribution in [-0.4, -0.2) is 66.0 Å². The van der Waals surface area contributed by atoms with Crippen LogP contribution >= 0.6 is 23.8 Å². The summed E-state index contributed by atoms with van der Waals surface area (Å²) in [7, 11) is 0. The van der Waals surface area contributed by atoms with E-state index in [4.69, 9.17) is 23.8 Å². The summed E-state index contributed by atoms with van der Waals surface area (Å²) in [5.74, 6) is -0.533. The fourth-order valence-electron chi connectivity index (χ4n) is 5.07. The number of nitrogens with one attached hydrogen (secondary N) is 2. The molecule has 3 aromatic carbocycles. The fourth-order valence-corrected chi connectivity index (χ4v) is 5.41. The lowest BCUT2D eigenvalue weighted by atomic mass is 10.1. The van der Waals surface area contributed by atoms with Crippen molar-refractivity contribution in [2.24, 2.45) is 0 Å². The Morgan fingerprint density at radius 1 is 0.829 bits per heavy atom. The minimum atomic E-state index is -0.527. The van der Waals surface area contributed by atoms with E-state index in [0.717, 1.165) is 31.6 Å². The van der Waals surface area contributed by atoms with Gasteiger partial charge in [0.2, 0.25) is 0 Å². The van der Waals surface area contributed by atoms with Crippen molar-refractivity contribution in [1.29, 1.82) is 0 Å². The Labute approximate surface area is 248 Å². The predicted octanol–water partition coefficient (Wildman–Crippen LogP) is 4.94. The van der Waals surface area contributed by atoms with E-state index in [-0.39, 0.29) is 22.3 Å². The number of nitro benzene ring substituents is 1. The Hall–Kier alpha value is -4.22. The second kappa shape index (κ2) is 12.5. The lowest BCUT2D eigenvalue weighted by Crippen LogP contribution is -2.48. The van der Waals surface area contributed by atoms with Crippen molar-refractivity contribution >= 4 is 63.5 Å². The van der Waals surface area contributed by atoms with E-state index >= 15 is 0 Å². The van der Waals surface area contributed by atoms with Crippen molar-refractivity contribution in [3.63, 3.8) is 0 Å². The van der Waals surface area contributed by atoms with Gasteiger partial charge in [-0.25, -0.2) is 0 Å². The lowest BCUT2D eigenvalue weighted by Gasteiger charge is -2.36.